The van der Waals surface area contributed by atoms with Crippen LogP contribution in [0.25, 0.3) is 0 Å². The third-order valence-electron chi connectivity index (χ3n) is 2.29. The molecule has 1 aromatic heterocycles. The summed E-state index contributed by atoms with van der Waals surface area (Å²) in [6.07, 6.45) is 0. The van der Waals surface area contributed by atoms with Crippen LogP contribution in [0, 0.1) is 5.82 Å². The highest BCUT2D eigenvalue weighted by atomic mass is 35.5. The van der Waals surface area contributed by atoms with Crippen molar-refractivity contribution in [2.24, 2.45) is 5.73 Å². The summed E-state index contributed by atoms with van der Waals surface area (Å²) in [5.74, 6) is -0.437. The van der Waals surface area contributed by atoms with Crippen LogP contribution in [-0.2, 0) is 0 Å². The zero-order valence-corrected chi connectivity index (χ0v) is 11.6. The van der Waals surface area contributed by atoms with Gasteiger partial charge in [0, 0.05) is 5.56 Å². The molecule has 0 amide bonds. The standard InChI is InChI=1S/C11H8Cl2FNS.ClH/c12-7-1-2-8(14)9(10(7)13)11(15)6-3-4-16-5-6;/h1-5,11H,15H2;1H/t11-;/m0./s1. The smallest absolute Gasteiger partial charge is 0.129 e. The fourth-order valence-electron chi connectivity index (χ4n) is 1.45. The van der Waals surface area contributed by atoms with Crippen LogP contribution in [0.2, 0.25) is 10.0 Å². The molecule has 0 radical (unpaired) electrons. The van der Waals surface area contributed by atoms with Gasteiger partial charge in [-0.15, -0.1) is 12.4 Å². The second-order valence-corrected chi connectivity index (χ2v) is 4.86. The summed E-state index contributed by atoms with van der Waals surface area (Å²) in [7, 11) is 0. The lowest BCUT2D eigenvalue weighted by atomic mass is 10.0. The quantitative estimate of drug-likeness (QED) is 0.802. The van der Waals surface area contributed by atoms with E-state index in [1.165, 1.54) is 23.5 Å². The molecule has 17 heavy (non-hydrogen) atoms. The zero-order valence-electron chi connectivity index (χ0n) is 8.49. The lowest BCUT2D eigenvalue weighted by Gasteiger charge is -2.14. The van der Waals surface area contributed by atoms with Crippen LogP contribution in [-0.4, -0.2) is 0 Å². The van der Waals surface area contributed by atoms with Gasteiger partial charge in [0.2, 0.25) is 0 Å². The first-order valence-electron chi connectivity index (χ1n) is 4.52. The predicted octanol–water partition coefficient (Wildman–Crippen LogP) is 4.66. The minimum absolute atomic E-state index is 0. The van der Waals surface area contributed by atoms with Gasteiger partial charge in [0.05, 0.1) is 16.1 Å². The van der Waals surface area contributed by atoms with Gasteiger partial charge in [0.1, 0.15) is 5.82 Å². The largest absolute Gasteiger partial charge is 0.320 e. The molecule has 0 aliphatic rings. The lowest BCUT2D eigenvalue weighted by molar-refractivity contribution is 0.600. The van der Waals surface area contributed by atoms with Crippen molar-refractivity contribution in [2.75, 3.05) is 0 Å². The maximum absolute atomic E-state index is 13.7. The number of hydrogen-bond donors (Lipinski definition) is 1. The van der Waals surface area contributed by atoms with Gasteiger partial charge >= 0.3 is 0 Å². The fourth-order valence-corrected chi connectivity index (χ4v) is 2.58. The zero-order chi connectivity index (χ0) is 11.7. The highest BCUT2D eigenvalue weighted by Crippen LogP contribution is 2.34. The van der Waals surface area contributed by atoms with Crippen molar-refractivity contribution >= 4 is 46.9 Å². The van der Waals surface area contributed by atoms with Gasteiger partial charge in [-0.3, -0.25) is 0 Å². The molecule has 0 aliphatic carbocycles. The third kappa shape index (κ3) is 2.92. The van der Waals surface area contributed by atoms with Crippen molar-refractivity contribution < 1.29 is 4.39 Å². The SMILES string of the molecule is Cl.N[C@@H](c1ccsc1)c1c(F)ccc(Cl)c1Cl. The fraction of sp³-hybridized carbons (Fsp3) is 0.0909. The molecule has 1 atom stereocenters. The Labute approximate surface area is 119 Å². The van der Waals surface area contributed by atoms with Gasteiger partial charge in [0.15, 0.2) is 0 Å². The molecule has 0 fully saturated rings. The van der Waals surface area contributed by atoms with E-state index in [1.54, 1.807) is 0 Å². The first-order valence-corrected chi connectivity index (χ1v) is 6.22. The van der Waals surface area contributed by atoms with E-state index in [2.05, 4.69) is 0 Å². The van der Waals surface area contributed by atoms with Crippen LogP contribution in [0.4, 0.5) is 4.39 Å². The molecule has 2 aromatic rings. The van der Waals surface area contributed by atoms with Gasteiger partial charge in [-0.2, -0.15) is 11.3 Å². The second-order valence-electron chi connectivity index (χ2n) is 3.29. The number of benzene rings is 1. The maximum atomic E-state index is 13.7. The maximum Gasteiger partial charge on any atom is 0.129 e. The van der Waals surface area contributed by atoms with Crippen LogP contribution in [0.15, 0.2) is 29.0 Å². The van der Waals surface area contributed by atoms with Crippen LogP contribution in [0.5, 0.6) is 0 Å². The molecule has 0 aliphatic heterocycles. The van der Waals surface area contributed by atoms with E-state index in [4.69, 9.17) is 28.9 Å². The molecule has 2 rings (SSSR count). The number of hydrogen-bond acceptors (Lipinski definition) is 2. The minimum atomic E-state index is -0.586. The number of halogens is 4. The first-order chi connectivity index (χ1) is 7.61. The van der Waals surface area contributed by atoms with Gasteiger partial charge in [-0.1, -0.05) is 23.2 Å². The van der Waals surface area contributed by atoms with Gasteiger partial charge in [-0.25, -0.2) is 4.39 Å². The van der Waals surface area contributed by atoms with E-state index in [0.717, 1.165) is 5.56 Å². The second kappa shape index (κ2) is 6.03. The number of nitrogens with two attached hydrogens (primary N) is 1. The molecule has 1 aromatic carbocycles. The van der Waals surface area contributed by atoms with Crippen LogP contribution >= 0.6 is 46.9 Å². The van der Waals surface area contributed by atoms with Crippen molar-refractivity contribution in [1.29, 1.82) is 0 Å². The van der Waals surface area contributed by atoms with Gasteiger partial charge < -0.3 is 5.73 Å². The molecule has 1 nitrogen and oxygen atoms in total. The van der Waals surface area contributed by atoms with E-state index in [9.17, 15) is 4.39 Å². The van der Waals surface area contributed by atoms with Crippen molar-refractivity contribution in [3.05, 3.63) is 55.9 Å². The van der Waals surface area contributed by atoms with E-state index in [0.29, 0.717) is 5.02 Å². The summed E-state index contributed by atoms with van der Waals surface area (Å²) < 4.78 is 13.7. The molecule has 0 unspecified atom stereocenters. The Kier molecular flexibility index (Phi) is 5.22. The Bertz CT molecular complexity index is 502. The molecular formula is C11H9Cl3FNS. The molecule has 0 bridgehead atoms. The van der Waals surface area contributed by atoms with Crippen LogP contribution in [0.1, 0.15) is 17.2 Å². The summed E-state index contributed by atoms with van der Waals surface area (Å²) >= 11 is 13.3. The number of rotatable bonds is 2. The Morgan fingerprint density at radius 3 is 2.53 bits per heavy atom. The molecule has 0 spiro atoms. The topological polar surface area (TPSA) is 26.0 Å². The summed E-state index contributed by atoms with van der Waals surface area (Å²) in [6.45, 7) is 0. The molecular weight excluding hydrogens is 304 g/mol. The van der Waals surface area contributed by atoms with Crippen molar-refractivity contribution in [3.63, 3.8) is 0 Å². The Morgan fingerprint density at radius 2 is 1.94 bits per heavy atom. The van der Waals surface area contributed by atoms with E-state index >= 15 is 0 Å². The Hall–Kier alpha value is -0.320. The summed E-state index contributed by atoms with van der Waals surface area (Å²) in [6, 6.07) is 3.95. The Balaban J connectivity index is 0.00000144. The van der Waals surface area contributed by atoms with Crippen molar-refractivity contribution in [1.82, 2.24) is 0 Å². The average molecular weight is 313 g/mol. The van der Waals surface area contributed by atoms with Crippen LogP contribution < -0.4 is 5.73 Å². The summed E-state index contributed by atoms with van der Waals surface area (Å²) in [5, 5.41) is 4.23. The Morgan fingerprint density at radius 1 is 1.24 bits per heavy atom. The molecule has 0 saturated heterocycles. The average Bonchev–Trinajstić information content (AvgIpc) is 2.77. The third-order valence-corrected chi connectivity index (χ3v) is 3.81. The van der Waals surface area contributed by atoms with Gasteiger partial charge in [-0.05, 0) is 34.5 Å². The molecule has 6 heteroatoms. The molecule has 2 N–H and O–H groups in total. The van der Waals surface area contributed by atoms with Crippen molar-refractivity contribution in [3.8, 4) is 0 Å². The normalized spacial score (nSPS) is 12.0. The van der Waals surface area contributed by atoms with Gasteiger partial charge in [0.25, 0.3) is 0 Å². The first kappa shape index (κ1) is 14.7. The molecule has 0 saturated carbocycles. The highest BCUT2D eigenvalue weighted by Gasteiger charge is 2.19. The summed E-state index contributed by atoms with van der Waals surface area (Å²) in [5.41, 5.74) is 7.02. The minimum Gasteiger partial charge on any atom is -0.320 e. The van der Waals surface area contributed by atoms with E-state index < -0.39 is 11.9 Å². The highest BCUT2D eigenvalue weighted by molar-refractivity contribution is 7.08. The number of thiophene rings is 1. The van der Waals surface area contributed by atoms with E-state index in [1.807, 2.05) is 16.8 Å². The monoisotopic (exact) mass is 311 g/mol. The molecule has 92 valence electrons. The van der Waals surface area contributed by atoms with Crippen molar-refractivity contribution in [2.45, 2.75) is 6.04 Å². The van der Waals surface area contributed by atoms with Crippen LogP contribution in [0.3, 0.4) is 0 Å². The molecule has 1 heterocycles. The lowest BCUT2D eigenvalue weighted by Crippen LogP contribution is -2.13. The van der Waals surface area contributed by atoms with E-state index in [-0.39, 0.29) is 23.0 Å². The predicted molar refractivity (Wildman–Crippen MR) is 74.0 cm³/mol. The summed E-state index contributed by atoms with van der Waals surface area (Å²) in [4.78, 5) is 0.